The van der Waals surface area contributed by atoms with Gasteiger partial charge in [0.2, 0.25) is 0 Å². The first kappa shape index (κ1) is 25.8. The van der Waals surface area contributed by atoms with Crippen LogP contribution in [0.2, 0.25) is 0 Å². The fourth-order valence-corrected chi connectivity index (χ4v) is 4.19. The lowest BCUT2D eigenvalue weighted by molar-refractivity contribution is 0.0285. The minimum atomic E-state index is -3.77. The second kappa shape index (κ2) is 10.6. The van der Waals surface area contributed by atoms with Crippen molar-refractivity contribution in [3.63, 3.8) is 0 Å². The summed E-state index contributed by atoms with van der Waals surface area (Å²) in [6, 6.07) is 21.3. The van der Waals surface area contributed by atoms with E-state index < -0.39 is 21.7 Å². The average molecular weight is 496 g/mol. The second-order valence-corrected chi connectivity index (χ2v) is 10.7. The Kier molecular flexibility index (Phi) is 7.81. The van der Waals surface area contributed by atoms with Crippen LogP contribution in [0.15, 0.2) is 83.8 Å². The minimum Gasteiger partial charge on any atom is -0.444 e. The fourth-order valence-electron chi connectivity index (χ4n) is 3.13. The zero-order valence-corrected chi connectivity index (χ0v) is 20.9. The zero-order chi connectivity index (χ0) is 25.6. The third-order valence-corrected chi connectivity index (χ3v) is 6.16. The molecule has 0 aromatic heterocycles. The van der Waals surface area contributed by atoms with Gasteiger partial charge in [-0.2, -0.15) is 0 Å². The van der Waals surface area contributed by atoms with Gasteiger partial charge in [0.1, 0.15) is 5.60 Å². The van der Waals surface area contributed by atoms with E-state index in [1.54, 1.807) is 76.3 Å². The SMILES string of the molecule is CN(Cc1cccc(NC(=O)c2ccc(S(=O)(=O)Nc3ccccc3)cc2)c1)C(=O)OC(C)(C)C. The number of amides is 2. The Morgan fingerprint density at radius 3 is 2.14 bits per heavy atom. The van der Waals surface area contributed by atoms with Gasteiger partial charge in [-0.05, 0) is 74.9 Å². The highest BCUT2D eigenvalue weighted by Gasteiger charge is 2.20. The van der Waals surface area contributed by atoms with E-state index in [-0.39, 0.29) is 10.8 Å². The van der Waals surface area contributed by atoms with Gasteiger partial charge in [-0.3, -0.25) is 9.52 Å². The van der Waals surface area contributed by atoms with Gasteiger partial charge in [0.15, 0.2) is 0 Å². The van der Waals surface area contributed by atoms with Gasteiger partial charge in [-0.25, -0.2) is 13.2 Å². The molecular weight excluding hydrogens is 466 g/mol. The van der Waals surface area contributed by atoms with Crippen molar-refractivity contribution < 1.29 is 22.7 Å². The molecule has 0 aliphatic heterocycles. The van der Waals surface area contributed by atoms with Gasteiger partial charge in [0.25, 0.3) is 15.9 Å². The first-order chi connectivity index (χ1) is 16.4. The van der Waals surface area contributed by atoms with Gasteiger partial charge >= 0.3 is 6.09 Å². The maximum atomic E-state index is 12.7. The van der Waals surface area contributed by atoms with E-state index >= 15 is 0 Å². The molecule has 184 valence electrons. The van der Waals surface area contributed by atoms with Crippen LogP contribution in [0.1, 0.15) is 36.7 Å². The molecule has 3 aromatic rings. The molecule has 0 atom stereocenters. The zero-order valence-electron chi connectivity index (χ0n) is 20.1. The van der Waals surface area contributed by atoms with Crippen molar-refractivity contribution in [1.82, 2.24) is 4.90 Å². The maximum absolute atomic E-state index is 12.7. The summed E-state index contributed by atoms with van der Waals surface area (Å²) in [6.45, 7) is 5.71. The molecule has 0 unspecified atom stereocenters. The summed E-state index contributed by atoms with van der Waals surface area (Å²) < 4.78 is 33.0. The van der Waals surface area contributed by atoms with Crippen molar-refractivity contribution in [2.24, 2.45) is 0 Å². The number of sulfonamides is 1. The van der Waals surface area contributed by atoms with Gasteiger partial charge in [0.05, 0.1) is 4.90 Å². The molecule has 0 fully saturated rings. The Balaban J connectivity index is 1.64. The van der Waals surface area contributed by atoms with Crippen LogP contribution in [0.25, 0.3) is 0 Å². The molecule has 35 heavy (non-hydrogen) atoms. The smallest absolute Gasteiger partial charge is 0.410 e. The number of nitrogens with one attached hydrogen (secondary N) is 2. The molecule has 8 nitrogen and oxygen atoms in total. The molecule has 0 heterocycles. The van der Waals surface area contributed by atoms with Crippen LogP contribution in [-0.4, -0.2) is 38.0 Å². The van der Waals surface area contributed by atoms with Gasteiger partial charge in [-0.15, -0.1) is 0 Å². The lowest BCUT2D eigenvalue weighted by Crippen LogP contribution is -2.33. The van der Waals surface area contributed by atoms with Crippen molar-refractivity contribution in [3.05, 3.63) is 90.0 Å². The standard InChI is InChI=1S/C26H29N3O5S/c1-26(2,3)34-25(31)29(4)18-19-9-8-12-22(17-19)27-24(30)20-13-15-23(16-14-20)35(32,33)28-21-10-6-5-7-11-21/h5-17,28H,18H2,1-4H3,(H,27,30). The molecule has 0 saturated carbocycles. The second-order valence-electron chi connectivity index (χ2n) is 8.99. The van der Waals surface area contributed by atoms with Crippen LogP contribution in [0, 0.1) is 0 Å². The summed E-state index contributed by atoms with van der Waals surface area (Å²) in [5, 5.41) is 2.80. The third kappa shape index (κ3) is 7.58. The molecule has 2 amide bonds. The quantitative estimate of drug-likeness (QED) is 0.474. The molecule has 0 bridgehead atoms. The highest BCUT2D eigenvalue weighted by atomic mass is 32.2. The van der Waals surface area contributed by atoms with Gasteiger partial charge < -0.3 is 15.0 Å². The normalized spacial score (nSPS) is 11.4. The largest absolute Gasteiger partial charge is 0.444 e. The number of hydrogen-bond acceptors (Lipinski definition) is 5. The molecule has 0 radical (unpaired) electrons. The van der Waals surface area contributed by atoms with E-state index in [0.29, 0.717) is 23.5 Å². The summed E-state index contributed by atoms with van der Waals surface area (Å²) in [5.74, 6) is -0.386. The van der Waals surface area contributed by atoms with Gasteiger partial charge in [-0.1, -0.05) is 30.3 Å². The van der Waals surface area contributed by atoms with E-state index in [1.165, 1.54) is 29.2 Å². The number of carbonyl (C=O) groups is 2. The topological polar surface area (TPSA) is 105 Å². The van der Waals surface area contributed by atoms with Crippen molar-refractivity contribution in [2.45, 2.75) is 37.8 Å². The van der Waals surface area contributed by atoms with Crippen molar-refractivity contribution >= 4 is 33.4 Å². The predicted molar refractivity (Wildman–Crippen MR) is 136 cm³/mol. The highest BCUT2D eigenvalue weighted by molar-refractivity contribution is 7.92. The Hall–Kier alpha value is -3.85. The van der Waals surface area contributed by atoms with Crippen molar-refractivity contribution in [2.75, 3.05) is 17.1 Å². The van der Waals surface area contributed by atoms with E-state index in [2.05, 4.69) is 10.0 Å². The molecular formula is C26H29N3O5S. The molecule has 0 spiro atoms. The molecule has 2 N–H and O–H groups in total. The molecule has 0 saturated heterocycles. The summed E-state index contributed by atoms with van der Waals surface area (Å²) >= 11 is 0. The third-order valence-electron chi connectivity index (χ3n) is 4.76. The van der Waals surface area contributed by atoms with Crippen LogP contribution in [-0.2, 0) is 21.3 Å². The molecule has 9 heteroatoms. The molecule has 0 aliphatic rings. The molecule has 3 aromatic carbocycles. The molecule has 0 aliphatic carbocycles. The Bertz CT molecular complexity index is 1280. The van der Waals surface area contributed by atoms with Crippen LogP contribution in [0.5, 0.6) is 0 Å². The minimum absolute atomic E-state index is 0.0464. The summed E-state index contributed by atoms with van der Waals surface area (Å²) in [5.41, 5.74) is 1.52. The summed E-state index contributed by atoms with van der Waals surface area (Å²) in [6.07, 6.45) is -0.441. The Labute approximate surface area is 206 Å². The van der Waals surface area contributed by atoms with E-state index in [0.717, 1.165) is 5.56 Å². The van der Waals surface area contributed by atoms with Crippen LogP contribution in [0.4, 0.5) is 16.2 Å². The molecule has 3 rings (SSSR count). The number of anilines is 2. The van der Waals surface area contributed by atoms with Crippen molar-refractivity contribution in [1.29, 1.82) is 0 Å². The highest BCUT2D eigenvalue weighted by Crippen LogP contribution is 2.18. The van der Waals surface area contributed by atoms with Crippen LogP contribution < -0.4 is 10.0 Å². The number of nitrogens with zero attached hydrogens (tertiary/aromatic N) is 1. The first-order valence-corrected chi connectivity index (χ1v) is 12.4. The van der Waals surface area contributed by atoms with Crippen LogP contribution >= 0.6 is 0 Å². The monoisotopic (exact) mass is 495 g/mol. The van der Waals surface area contributed by atoms with E-state index in [9.17, 15) is 18.0 Å². The lowest BCUT2D eigenvalue weighted by Gasteiger charge is -2.24. The summed E-state index contributed by atoms with van der Waals surface area (Å²) in [4.78, 5) is 26.4. The summed E-state index contributed by atoms with van der Waals surface area (Å²) in [7, 11) is -2.13. The van der Waals surface area contributed by atoms with E-state index in [4.69, 9.17) is 4.74 Å². The maximum Gasteiger partial charge on any atom is 0.410 e. The number of hydrogen-bond donors (Lipinski definition) is 2. The number of rotatable bonds is 7. The van der Waals surface area contributed by atoms with Crippen molar-refractivity contribution in [3.8, 4) is 0 Å². The van der Waals surface area contributed by atoms with Crippen LogP contribution in [0.3, 0.4) is 0 Å². The predicted octanol–water partition coefficient (Wildman–Crippen LogP) is 5.11. The van der Waals surface area contributed by atoms with E-state index in [1.807, 2.05) is 6.07 Å². The Morgan fingerprint density at radius 1 is 0.886 bits per heavy atom. The fraction of sp³-hybridized carbons (Fsp3) is 0.231. The van der Waals surface area contributed by atoms with Gasteiger partial charge in [0, 0.05) is 30.5 Å². The first-order valence-electron chi connectivity index (χ1n) is 11.0. The number of para-hydroxylation sites is 1. The number of benzene rings is 3. The lowest BCUT2D eigenvalue weighted by atomic mass is 10.1. The number of carbonyl (C=O) groups excluding carboxylic acids is 2. The average Bonchev–Trinajstić information content (AvgIpc) is 2.78. The Morgan fingerprint density at radius 2 is 1.51 bits per heavy atom. The number of ether oxygens (including phenoxy) is 1.